The van der Waals surface area contributed by atoms with E-state index in [1.165, 1.54) is 4.68 Å². The predicted octanol–water partition coefficient (Wildman–Crippen LogP) is 0.944. The van der Waals surface area contributed by atoms with Gasteiger partial charge in [-0.3, -0.25) is 0 Å². The molecule has 0 aromatic carbocycles. The van der Waals surface area contributed by atoms with Crippen LogP contribution in [0.1, 0.15) is 0 Å². The Hall–Kier alpha value is -1.28. The van der Waals surface area contributed by atoms with Gasteiger partial charge in [-0.2, -0.15) is 0 Å². The van der Waals surface area contributed by atoms with Crippen molar-refractivity contribution < 1.29 is 4.39 Å². The first-order valence-corrected chi connectivity index (χ1v) is 4.94. The smallest absolute Gasteiger partial charge is 0.223 e. The number of aryl methyl sites for hydroxylation is 1. The fourth-order valence-electron chi connectivity index (χ4n) is 0.797. The number of tetrazole rings is 1. The standard InChI is InChI=1S/C6H4ClFN6S/c1-14-6(11-12-13-14)15-4-3(8)2-9-5(7)10-4/h2H,1H3. The van der Waals surface area contributed by atoms with E-state index in [1.807, 2.05) is 0 Å². The number of rotatable bonds is 2. The third-order valence-electron chi connectivity index (χ3n) is 1.45. The molecular weight excluding hydrogens is 243 g/mol. The zero-order valence-corrected chi connectivity index (χ0v) is 9.00. The Labute approximate surface area is 92.9 Å². The van der Waals surface area contributed by atoms with Gasteiger partial charge in [-0.05, 0) is 33.8 Å². The van der Waals surface area contributed by atoms with Crippen LogP contribution in [0.2, 0.25) is 5.28 Å². The topological polar surface area (TPSA) is 69.4 Å². The van der Waals surface area contributed by atoms with Crippen molar-refractivity contribution in [1.82, 2.24) is 30.2 Å². The second-order valence-electron chi connectivity index (χ2n) is 2.48. The Morgan fingerprint density at radius 1 is 1.53 bits per heavy atom. The highest BCUT2D eigenvalue weighted by Crippen LogP contribution is 2.25. The lowest BCUT2D eigenvalue weighted by Crippen LogP contribution is -1.95. The fourth-order valence-corrected chi connectivity index (χ4v) is 1.68. The van der Waals surface area contributed by atoms with Gasteiger partial charge in [0.15, 0.2) is 5.82 Å². The van der Waals surface area contributed by atoms with Gasteiger partial charge in [0.1, 0.15) is 5.03 Å². The minimum atomic E-state index is -0.563. The SMILES string of the molecule is Cn1nnnc1Sc1nc(Cl)ncc1F. The van der Waals surface area contributed by atoms with Crippen molar-refractivity contribution in [3.63, 3.8) is 0 Å². The molecule has 6 nitrogen and oxygen atoms in total. The molecule has 2 rings (SSSR count). The molecule has 0 radical (unpaired) electrons. The van der Waals surface area contributed by atoms with Gasteiger partial charge in [0.05, 0.1) is 6.20 Å². The van der Waals surface area contributed by atoms with Crippen LogP contribution in [0, 0.1) is 5.82 Å². The van der Waals surface area contributed by atoms with Crippen LogP contribution in [0.3, 0.4) is 0 Å². The zero-order valence-electron chi connectivity index (χ0n) is 7.42. The molecular formula is C6H4ClFN6S. The monoisotopic (exact) mass is 246 g/mol. The Balaban J connectivity index is 2.32. The van der Waals surface area contributed by atoms with E-state index in [-0.39, 0.29) is 10.3 Å². The highest BCUT2D eigenvalue weighted by molar-refractivity contribution is 7.99. The normalized spacial score (nSPS) is 10.6. The highest BCUT2D eigenvalue weighted by Gasteiger charge is 2.11. The quantitative estimate of drug-likeness (QED) is 0.580. The van der Waals surface area contributed by atoms with E-state index in [0.29, 0.717) is 5.16 Å². The molecule has 9 heteroatoms. The summed E-state index contributed by atoms with van der Waals surface area (Å²) in [6.07, 6.45) is 1.00. The van der Waals surface area contributed by atoms with E-state index in [0.717, 1.165) is 18.0 Å². The van der Waals surface area contributed by atoms with Gasteiger partial charge in [0.2, 0.25) is 10.4 Å². The second-order valence-corrected chi connectivity index (χ2v) is 3.77. The first-order chi connectivity index (χ1) is 7.16. The Morgan fingerprint density at radius 3 is 3.00 bits per heavy atom. The maximum Gasteiger partial charge on any atom is 0.223 e. The van der Waals surface area contributed by atoms with E-state index in [1.54, 1.807) is 7.05 Å². The minimum Gasteiger partial charge on any atom is -0.223 e. The largest absolute Gasteiger partial charge is 0.223 e. The lowest BCUT2D eigenvalue weighted by molar-refractivity contribution is 0.577. The third kappa shape index (κ3) is 2.21. The van der Waals surface area contributed by atoms with E-state index in [2.05, 4.69) is 25.5 Å². The van der Waals surface area contributed by atoms with Gasteiger partial charge in [0.25, 0.3) is 0 Å². The summed E-state index contributed by atoms with van der Waals surface area (Å²) in [5, 5.41) is 11.2. The predicted molar refractivity (Wildman–Crippen MR) is 49.9 cm³/mol. The van der Waals surface area contributed by atoms with Crippen molar-refractivity contribution >= 4 is 23.4 Å². The molecule has 2 aromatic rings. The van der Waals surface area contributed by atoms with Crippen LogP contribution in [0.25, 0.3) is 0 Å². The molecule has 15 heavy (non-hydrogen) atoms. The van der Waals surface area contributed by atoms with Gasteiger partial charge in [-0.15, -0.1) is 5.10 Å². The van der Waals surface area contributed by atoms with Crippen LogP contribution in [0.5, 0.6) is 0 Å². The molecule has 0 spiro atoms. The summed E-state index contributed by atoms with van der Waals surface area (Å²) in [7, 11) is 1.64. The second kappa shape index (κ2) is 4.07. The molecule has 0 atom stereocenters. The number of halogens is 2. The summed E-state index contributed by atoms with van der Waals surface area (Å²) in [6.45, 7) is 0. The van der Waals surface area contributed by atoms with E-state index in [4.69, 9.17) is 11.6 Å². The van der Waals surface area contributed by atoms with Crippen LogP contribution in [-0.2, 0) is 7.05 Å². The van der Waals surface area contributed by atoms with Crippen LogP contribution in [0.15, 0.2) is 16.4 Å². The maximum atomic E-state index is 13.2. The highest BCUT2D eigenvalue weighted by atomic mass is 35.5. The summed E-state index contributed by atoms with van der Waals surface area (Å²) >= 11 is 6.51. The van der Waals surface area contributed by atoms with Crippen LogP contribution < -0.4 is 0 Å². The van der Waals surface area contributed by atoms with Gasteiger partial charge in [0, 0.05) is 7.05 Å². The third-order valence-corrected chi connectivity index (χ3v) is 2.64. The molecule has 0 saturated carbocycles. The van der Waals surface area contributed by atoms with Crippen molar-refractivity contribution in [1.29, 1.82) is 0 Å². The van der Waals surface area contributed by atoms with Crippen LogP contribution in [-0.4, -0.2) is 30.2 Å². The molecule has 2 heterocycles. The fraction of sp³-hybridized carbons (Fsp3) is 0.167. The van der Waals surface area contributed by atoms with Gasteiger partial charge < -0.3 is 0 Å². The minimum absolute atomic E-state index is 0.0194. The molecule has 0 N–H and O–H groups in total. The summed E-state index contributed by atoms with van der Waals surface area (Å²) in [4.78, 5) is 7.22. The van der Waals surface area contributed by atoms with E-state index in [9.17, 15) is 4.39 Å². The summed E-state index contributed by atoms with van der Waals surface area (Å²) < 4.78 is 14.6. The molecule has 0 fully saturated rings. The van der Waals surface area contributed by atoms with E-state index < -0.39 is 5.82 Å². The summed E-state index contributed by atoms with van der Waals surface area (Å²) in [5.41, 5.74) is 0. The molecule has 2 aromatic heterocycles. The van der Waals surface area contributed by atoms with Crippen molar-refractivity contribution in [2.75, 3.05) is 0 Å². The van der Waals surface area contributed by atoms with Crippen LogP contribution >= 0.6 is 23.4 Å². The number of hydrogen-bond donors (Lipinski definition) is 0. The van der Waals surface area contributed by atoms with E-state index >= 15 is 0 Å². The van der Waals surface area contributed by atoms with Crippen molar-refractivity contribution in [3.8, 4) is 0 Å². The first-order valence-electron chi connectivity index (χ1n) is 3.75. The summed E-state index contributed by atoms with van der Waals surface area (Å²) in [5.74, 6) is -0.563. The molecule has 0 aliphatic heterocycles. The Morgan fingerprint density at radius 2 is 2.33 bits per heavy atom. The van der Waals surface area contributed by atoms with Gasteiger partial charge in [-0.1, -0.05) is 0 Å². The lowest BCUT2D eigenvalue weighted by Gasteiger charge is -1.99. The van der Waals surface area contributed by atoms with Crippen LogP contribution in [0.4, 0.5) is 4.39 Å². The lowest BCUT2D eigenvalue weighted by atomic mass is 10.6. The molecule has 78 valence electrons. The Bertz CT molecular complexity index is 488. The molecule has 0 bridgehead atoms. The average Bonchev–Trinajstić information content (AvgIpc) is 2.58. The number of aromatic nitrogens is 6. The molecule has 0 amide bonds. The van der Waals surface area contributed by atoms with Gasteiger partial charge in [-0.25, -0.2) is 19.0 Å². The number of hydrogen-bond acceptors (Lipinski definition) is 6. The average molecular weight is 247 g/mol. The summed E-state index contributed by atoms with van der Waals surface area (Å²) in [6, 6.07) is 0. The Kier molecular flexibility index (Phi) is 2.78. The molecule has 0 unspecified atom stereocenters. The molecule has 0 aliphatic rings. The number of nitrogens with zero attached hydrogens (tertiary/aromatic N) is 6. The molecule has 0 aliphatic carbocycles. The van der Waals surface area contributed by atoms with Crippen molar-refractivity contribution in [2.24, 2.45) is 7.05 Å². The maximum absolute atomic E-state index is 13.2. The zero-order chi connectivity index (χ0) is 10.8. The first kappa shape index (κ1) is 10.2. The molecule has 0 saturated heterocycles. The van der Waals surface area contributed by atoms with Crippen molar-refractivity contribution in [2.45, 2.75) is 10.2 Å². The van der Waals surface area contributed by atoms with Crippen molar-refractivity contribution in [3.05, 3.63) is 17.3 Å². The van der Waals surface area contributed by atoms with Gasteiger partial charge >= 0.3 is 0 Å².